The Morgan fingerprint density at radius 3 is 2.75 bits per heavy atom. The molecule has 1 heterocycles. The second-order valence-electron chi connectivity index (χ2n) is 4.42. The number of hydrogen-bond acceptors (Lipinski definition) is 3. The zero-order chi connectivity index (χ0) is 12.1. The normalized spacial score (nSPS) is 12.8. The quantitative estimate of drug-likeness (QED) is 0.827. The molecule has 3 N–H and O–H groups in total. The second kappa shape index (κ2) is 6.01. The van der Waals surface area contributed by atoms with Crippen molar-refractivity contribution in [1.82, 2.24) is 5.32 Å². The van der Waals surface area contributed by atoms with E-state index < -0.39 is 0 Å². The summed E-state index contributed by atoms with van der Waals surface area (Å²) in [6.07, 6.45) is 0.405. The minimum absolute atomic E-state index is 0.0361. The molecule has 16 heavy (non-hydrogen) atoms. The monoisotopic (exact) mass is 240 g/mol. The maximum Gasteiger partial charge on any atom is 0.221 e. The van der Waals surface area contributed by atoms with Crippen LogP contribution in [-0.2, 0) is 11.3 Å². The lowest BCUT2D eigenvalue weighted by atomic mass is 10.0. The Balaban J connectivity index is 2.33. The van der Waals surface area contributed by atoms with Crippen molar-refractivity contribution in [2.45, 2.75) is 39.8 Å². The van der Waals surface area contributed by atoms with Gasteiger partial charge in [-0.3, -0.25) is 4.79 Å². The lowest BCUT2D eigenvalue weighted by Crippen LogP contribution is -2.34. The Morgan fingerprint density at radius 1 is 1.56 bits per heavy atom. The average Bonchev–Trinajstić information content (AvgIpc) is 2.61. The Bertz CT molecular complexity index is 347. The summed E-state index contributed by atoms with van der Waals surface area (Å²) in [5.74, 6) is 0.378. The molecule has 0 fully saturated rings. The molecule has 0 spiro atoms. The van der Waals surface area contributed by atoms with Gasteiger partial charge in [0.15, 0.2) is 0 Å². The van der Waals surface area contributed by atoms with E-state index in [2.05, 4.69) is 18.3 Å². The predicted molar refractivity (Wildman–Crippen MR) is 68.3 cm³/mol. The molecule has 0 aromatic carbocycles. The molecule has 0 saturated carbocycles. The number of rotatable bonds is 5. The summed E-state index contributed by atoms with van der Waals surface area (Å²) >= 11 is 1.67. The van der Waals surface area contributed by atoms with E-state index in [-0.39, 0.29) is 11.9 Å². The maximum absolute atomic E-state index is 11.6. The summed E-state index contributed by atoms with van der Waals surface area (Å²) in [7, 11) is 0. The zero-order valence-electron chi connectivity index (χ0n) is 10.1. The molecule has 1 amide bonds. The van der Waals surface area contributed by atoms with Crippen molar-refractivity contribution in [3.8, 4) is 0 Å². The standard InChI is InChI=1S/C12H20N2OS/c1-8(2)10(13)6-12(15)14-7-11-9(3)4-5-16-11/h4-5,8,10H,6-7,13H2,1-3H3,(H,14,15). The molecule has 4 heteroatoms. The summed E-state index contributed by atoms with van der Waals surface area (Å²) in [4.78, 5) is 12.8. The highest BCUT2D eigenvalue weighted by atomic mass is 32.1. The summed E-state index contributed by atoms with van der Waals surface area (Å²) < 4.78 is 0. The van der Waals surface area contributed by atoms with Gasteiger partial charge in [0.25, 0.3) is 0 Å². The van der Waals surface area contributed by atoms with Crippen LogP contribution < -0.4 is 11.1 Å². The van der Waals surface area contributed by atoms with Crippen LogP contribution in [0.4, 0.5) is 0 Å². The number of amides is 1. The van der Waals surface area contributed by atoms with Gasteiger partial charge in [-0.1, -0.05) is 13.8 Å². The van der Waals surface area contributed by atoms with E-state index in [1.54, 1.807) is 11.3 Å². The van der Waals surface area contributed by atoms with Crippen LogP contribution in [0.3, 0.4) is 0 Å². The molecule has 0 aliphatic rings. The first-order valence-electron chi connectivity index (χ1n) is 5.56. The van der Waals surface area contributed by atoms with E-state index in [1.807, 2.05) is 19.2 Å². The van der Waals surface area contributed by atoms with Crippen LogP contribution >= 0.6 is 11.3 Å². The topological polar surface area (TPSA) is 55.1 Å². The smallest absolute Gasteiger partial charge is 0.221 e. The third-order valence-corrected chi connectivity index (χ3v) is 3.71. The molecular formula is C12H20N2OS. The summed E-state index contributed by atoms with van der Waals surface area (Å²) in [5, 5.41) is 4.94. The summed E-state index contributed by atoms with van der Waals surface area (Å²) in [5.41, 5.74) is 7.07. The van der Waals surface area contributed by atoms with Crippen LogP contribution in [0.25, 0.3) is 0 Å². The molecule has 0 aliphatic heterocycles. The summed E-state index contributed by atoms with van der Waals surface area (Å²) in [6.45, 7) is 6.73. The van der Waals surface area contributed by atoms with Gasteiger partial charge in [0.05, 0.1) is 6.54 Å². The summed E-state index contributed by atoms with van der Waals surface area (Å²) in [6, 6.07) is 2.01. The Hall–Kier alpha value is -0.870. The number of aryl methyl sites for hydroxylation is 1. The first-order valence-corrected chi connectivity index (χ1v) is 6.44. The fraction of sp³-hybridized carbons (Fsp3) is 0.583. The number of carbonyl (C=O) groups is 1. The van der Waals surface area contributed by atoms with Gasteiger partial charge in [-0.05, 0) is 29.9 Å². The van der Waals surface area contributed by atoms with Crippen molar-refractivity contribution in [3.05, 3.63) is 21.9 Å². The van der Waals surface area contributed by atoms with Gasteiger partial charge < -0.3 is 11.1 Å². The molecule has 0 bridgehead atoms. The fourth-order valence-electron chi connectivity index (χ4n) is 1.29. The Labute approximate surface area is 101 Å². The van der Waals surface area contributed by atoms with Crippen LogP contribution in [0.15, 0.2) is 11.4 Å². The van der Waals surface area contributed by atoms with Crippen LogP contribution in [0.1, 0.15) is 30.7 Å². The number of nitrogens with one attached hydrogen (secondary N) is 1. The molecule has 0 radical (unpaired) electrons. The maximum atomic E-state index is 11.6. The minimum atomic E-state index is -0.0515. The lowest BCUT2D eigenvalue weighted by Gasteiger charge is -2.14. The first kappa shape index (κ1) is 13.2. The van der Waals surface area contributed by atoms with E-state index in [0.29, 0.717) is 18.9 Å². The van der Waals surface area contributed by atoms with Gasteiger partial charge in [0, 0.05) is 17.3 Å². The van der Waals surface area contributed by atoms with E-state index in [4.69, 9.17) is 5.73 Å². The lowest BCUT2D eigenvalue weighted by molar-refractivity contribution is -0.121. The highest BCUT2D eigenvalue weighted by Crippen LogP contribution is 2.14. The Morgan fingerprint density at radius 2 is 2.25 bits per heavy atom. The van der Waals surface area contributed by atoms with Crippen LogP contribution in [0, 0.1) is 12.8 Å². The van der Waals surface area contributed by atoms with E-state index in [9.17, 15) is 4.79 Å². The van der Waals surface area contributed by atoms with Gasteiger partial charge in [-0.2, -0.15) is 0 Å². The van der Waals surface area contributed by atoms with Crippen molar-refractivity contribution in [2.75, 3.05) is 0 Å². The number of hydrogen-bond donors (Lipinski definition) is 2. The van der Waals surface area contributed by atoms with Crippen LogP contribution in [0.5, 0.6) is 0 Å². The number of thiophene rings is 1. The molecule has 3 nitrogen and oxygen atoms in total. The van der Waals surface area contributed by atoms with Crippen molar-refractivity contribution in [3.63, 3.8) is 0 Å². The van der Waals surface area contributed by atoms with Crippen molar-refractivity contribution < 1.29 is 4.79 Å². The average molecular weight is 240 g/mol. The molecule has 1 unspecified atom stereocenters. The Kier molecular flexibility index (Phi) is 4.96. The van der Waals surface area contributed by atoms with Gasteiger partial charge >= 0.3 is 0 Å². The van der Waals surface area contributed by atoms with Crippen molar-refractivity contribution in [2.24, 2.45) is 11.7 Å². The molecule has 1 rings (SSSR count). The van der Waals surface area contributed by atoms with Gasteiger partial charge in [-0.25, -0.2) is 0 Å². The molecule has 0 aliphatic carbocycles. The zero-order valence-corrected chi connectivity index (χ0v) is 10.9. The highest BCUT2D eigenvalue weighted by molar-refractivity contribution is 7.10. The number of carbonyl (C=O) groups excluding carboxylic acids is 1. The third-order valence-electron chi connectivity index (χ3n) is 2.69. The SMILES string of the molecule is Cc1ccsc1CNC(=O)CC(N)C(C)C. The first-order chi connectivity index (χ1) is 7.50. The van der Waals surface area contributed by atoms with E-state index in [0.717, 1.165) is 0 Å². The highest BCUT2D eigenvalue weighted by Gasteiger charge is 2.12. The van der Waals surface area contributed by atoms with Gasteiger partial charge in [-0.15, -0.1) is 11.3 Å². The molecular weight excluding hydrogens is 220 g/mol. The van der Waals surface area contributed by atoms with Crippen LogP contribution in [-0.4, -0.2) is 11.9 Å². The molecule has 1 aromatic heterocycles. The van der Waals surface area contributed by atoms with Crippen LogP contribution in [0.2, 0.25) is 0 Å². The minimum Gasteiger partial charge on any atom is -0.351 e. The predicted octanol–water partition coefficient (Wildman–Crippen LogP) is 2.05. The molecule has 1 aromatic rings. The number of nitrogens with two attached hydrogens (primary N) is 1. The van der Waals surface area contributed by atoms with E-state index >= 15 is 0 Å². The van der Waals surface area contributed by atoms with Crippen molar-refractivity contribution >= 4 is 17.2 Å². The second-order valence-corrected chi connectivity index (χ2v) is 5.42. The third kappa shape index (κ3) is 3.94. The van der Waals surface area contributed by atoms with Crippen molar-refractivity contribution in [1.29, 1.82) is 0 Å². The fourth-order valence-corrected chi connectivity index (χ4v) is 2.13. The van der Waals surface area contributed by atoms with E-state index in [1.165, 1.54) is 10.4 Å². The molecule has 90 valence electrons. The molecule has 0 saturated heterocycles. The van der Waals surface area contributed by atoms with Gasteiger partial charge in [0.1, 0.15) is 0 Å². The van der Waals surface area contributed by atoms with Gasteiger partial charge in [0.2, 0.25) is 5.91 Å². The largest absolute Gasteiger partial charge is 0.351 e. The molecule has 1 atom stereocenters.